The molecule has 3 aromatic heterocycles. The molecule has 2 saturated heterocycles. The van der Waals surface area contributed by atoms with Crippen LogP contribution in [0.1, 0.15) is 32.2 Å². The van der Waals surface area contributed by atoms with Gasteiger partial charge in [-0.1, -0.05) is 0 Å². The molecule has 0 aromatic carbocycles. The van der Waals surface area contributed by atoms with Gasteiger partial charge >= 0.3 is 19.5 Å². The number of hydrogen-bond donors (Lipinski definition) is 5. The molecule has 0 bridgehead atoms. The van der Waals surface area contributed by atoms with Gasteiger partial charge in [0.05, 0.1) is 19.0 Å². The van der Waals surface area contributed by atoms with Gasteiger partial charge in [-0.05, 0) is 0 Å². The van der Waals surface area contributed by atoms with E-state index < -0.39 is 68.5 Å². The second-order valence-electron chi connectivity index (χ2n) is 9.19. The summed E-state index contributed by atoms with van der Waals surface area (Å²) in [4.78, 5) is 63.6. The smallest absolute Gasteiger partial charge is 0.463 e. The highest BCUT2D eigenvalue weighted by Gasteiger charge is 2.44. The first-order chi connectivity index (χ1) is 19.4. The topological polar surface area (TPSA) is 284 Å². The average molecular weight is 599 g/mol. The zero-order chi connectivity index (χ0) is 29.5. The third kappa shape index (κ3) is 6.27. The van der Waals surface area contributed by atoms with E-state index in [4.69, 9.17) is 34.7 Å². The number of carbonyl (C=O) groups is 1. The molecule has 2 aliphatic heterocycles. The minimum absolute atomic E-state index is 0.0124. The number of aromatic amines is 1. The van der Waals surface area contributed by atoms with E-state index in [1.165, 1.54) is 10.9 Å². The molecule has 0 aliphatic carbocycles. The standard InChI is InChI=1S/C20H26N9O11P/c1-8(30)36-4-12-10(3-14(39-12)29-7-24-18(21)27-20(29)33)40-41(34,35)37-5-11-9(31)2-13(38-11)28-6-23-15-16(28)25-19(22)26-17(15)32/h6-7,9-14,31H,2-5H2,1H3,(H,34,35)(H2,21,27,33)(H3,22,25,26,32)/t9-,10-,11?,12?,13-,14-/m1/s1. The molecule has 21 heteroatoms. The summed E-state index contributed by atoms with van der Waals surface area (Å²) in [6, 6.07) is 0. The van der Waals surface area contributed by atoms with Crippen molar-refractivity contribution >= 4 is 36.9 Å². The van der Waals surface area contributed by atoms with Gasteiger partial charge in [-0.2, -0.15) is 9.97 Å². The fourth-order valence-corrected chi connectivity index (χ4v) is 5.40. The summed E-state index contributed by atoms with van der Waals surface area (Å²) >= 11 is 0. The molecule has 0 saturated carbocycles. The van der Waals surface area contributed by atoms with Crippen molar-refractivity contribution in [1.29, 1.82) is 0 Å². The van der Waals surface area contributed by atoms with Crippen molar-refractivity contribution in [1.82, 2.24) is 34.1 Å². The number of hydrogen-bond acceptors (Lipinski definition) is 16. The Labute approximate surface area is 228 Å². The Bertz CT molecular complexity index is 1610. The maximum atomic E-state index is 12.9. The van der Waals surface area contributed by atoms with Gasteiger partial charge in [-0.3, -0.25) is 32.8 Å². The van der Waals surface area contributed by atoms with Crippen LogP contribution in [0.25, 0.3) is 11.2 Å². The van der Waals surface area contributed by atoms with Gasteiger partial charge in [-0.15, -0.1) is 0 Å². The second kappa shape index (κ2) is 11.2. The summed E-state index contributed by atoms with van der Waals surface area (Å²) in [5.41, 5.74) is 9.83. The molecule has 2 aliphatic rings. The van der Waals surface area contributed by atoms with Crippen LogP contribution >= 0.6 is 7.82 Å². The fourth-order valence-electron chi connectivity index (χ4n) is 4.44. The van der Waals surface area contributed by atoms with E-state index in [1.54, 1.807) is 0 Å². The van der Waals surface area contributed by atoms with E-state index in [9.17, 15) is 28.9 Å². The van der Waals surface area contributed by atoms with Gasteiger partial charge in [0.25, 0.3) is 5.56 Å². The Morgan fingerprint density at radius 1 is 1.12 bits per heavy atom. The van der Waals surface area contributed by atoms with Crippen molar-refractivity contribution in [2.75, 3.05) is 24.7 Å². The Kier molecular flexibility index (Phi) is 7.88. The third-order valence-electron chi connectivity index (χ3n) is 6.32. The number of carbonyl (C=O) groups excluding carboxylic acids is 1. The van der Waals surface area contributed by atoms with Crippen LogP contribution in [-0.4, -0.2) is 87.7 Å². The van der Waals surface area contributed by atoms with Crippen LogP contribution in [-0.2, 0) is 32.6 Å². The van der Waals surface area contributed by atoms with Gasteiger partial charge in [0, 0.05) is 19.8 Å². The lowest BCUT2D eigenvalue weighted by atomic mass is 10.2. The number of aliphatic hydroxyl groups excluding tert-OH is 1. The lowest BCUT2D eigenvalue weighted by Crippen LogP contribution is -2.31. The molecule has 5 heterocycles. The van der Waals surface area contributed by atoms with Gasteiger partial charge in [-0.25, -0.2) is 19.3 Å². The van der Waals surface area contributed by atoms with Gasteiger partial charge in [0.2, 0.25) is 11.9 Å². The number of imidazole rings is 1. The molecule has 0 radical (unpaired) electrons. The second-order valence-corrected chi connectivity index (χ2v) is 10.6. The largest absolute Gasteiger partial charge is 0.472 e. The minimum Gasteiger partial charge on any atom is -0.463 e. The van der Waals surface area contributed by atoms with Crippen molar-refractivity contribution in [3.05, 3.63) is 33.5 Å². The number of anilines is 2. The third-order valence-corrected chi connectivity index (χ3v) is 7.34. The zero-order valence-corrected chi connectivity index (χ0v) is 22.2. The van der Waals surface area contributed by atoms with Crippen LogP contribution in [0, 0.1) is 0 Å². The van der Waals surface area contributed by atoms with E-state index in [0.717, 1.165) is 17.8 Å². The predicted octanol–water partition coefficient (Wildman–Crippen LogP) is -2.06. The molecular formula is C20H26N9O11P. The van der Waals surface area contributed by atoms with E-state index in [-0.39, 0.29) is 42.5 Å². The monoisotopic (exact) mass is 599 g/mol. The van der Waals surface area contributed by atoms with E-state index in [2.05, 4.69) is 24.9 Å². The summed E-state index contributed by atoms with van der Waals surface area (Å²) in [6.45, 7) is 0.245. The van der Waals surface area contributed by atoms with Gasteiger partial charge in [0.1, 0.15) is 43.7 Å². The molecule has 7 atom stereocenters. The maximum Gasteiger partial charge on any atom is 0.472 e. The lowest BCUT2D eigenvalue weighted by Gasteiger charge is -2.22. The molecule has 3 unspecified atom stereocenters. The van der Waals surface area contributed by atoms with Crippen LogP contribution in [0.15, 0.2) is 22.2 Å². The van der Waals surface area contributed by atoms with E-state index >= 15 is 0 Å². The van der Waals surface area contributed by atoms with Crippen LogP contribution in [0.2, 0.25) is 0 Å². The van der Waals surface area contributed by atoms with E-state index in [0.29, 0.717) is 0 Å². The fraction of sp³-hybridized carbons (Fsp3) is 0.550. The average Bonchev–Trinajstić information content (AvgIpc) is 3.58. The molecule has 20 nitrogen and oxygen atoms in total. The van der Waals surface area contributed by atoms with Gasteiger partial charge in [0.15, 0.2) is 11.2 Å². The Hall–Kier alpha value is -3.78. The summed E-state index contributed by atoms with van der Waals surface area (Å²) in [5, 5.41) is 10.5. The van der Waals surface area contributed by atoms with Crippen molar-refractivity contribution < 1.29 is 42.6 Å². The number of aromatic nitrogens is 7. The molecule has 2 fully saturated rings. The number of nitrogens with one attached hydrogen (secondary N) is 1. The van der Waals surface area contributed by atoms with Gasteiger partial charge < -0.3 is 35.7 Å². The molecule has 5 rings (SSSR count). The number of nitrogen functional groups attached to an aromatic ring is 2. The van der Waals surface area contributed by atoms with Crippen molar-refractivity contribution in [2.45, 2.75) is 56.6 Å². The molecular weight excluding hydrogens is 573 g/mol. The number of aliphatic hydroxyl groups is 1. The Morgan fingerprint density at radius 2 is 1.83 bits per heavy atom. The predicted molar refractivity (Wildman–Crippen MR) is 134 cm³/mol. The number of nitrogens with two attached hydrogens (primary N) is 2. The lowest BCUT2D eigenvalue weighted by molar-refractivity contribution is -0.147. The number of H-pyrrole nitrogens is 1. The molecule has 222 valence electrons. The SMILES string of the molecule is CC(=O)OCC1O[C@@H](n2cnc(N)nc2=O)C[C@H]1OP(=O)(O)OCC1O[C@@H](n2cnc3c(=O)[nH]c(N)nc32)C[C@H]1O. The number of phosphoric ester groups is 1. The van der Waals surface area contributed by atoms with Crippen molar-refractivity contribution in [3.63, 3.8) is 0 Å². The Balaban J connectivity index is 1.24. The summed E-state index contributed by atoms with van der Waals surface area (Å²) in [6.07, 6.45) is -4.05. The molecule has 41 heavy (non-hydrogen) atoms. The number of phosphoric acid groups is 1. The number of ether oxygens (including phenoxy) is 3. The first-order valence-corrected chi connectivity index (χ1v) is 13.6. The van der Waals surface area contributed by atoms with Crippen LogP contribution in [0.3, 0.4) is 0 Å². The number of nitrogens with zero attached hydrogens (tertiary/aromatic N) is 6. The summed E-state index contributed by atoms with van der Waals surface area (Å²) in [5.74, 6) is -1.03. The number of rotatable bonds is 9. The summed E-state index contributed by atoms with van der Waals surface area (Å²) in [7, 11) is -4.82. The highest BCUT2D eigenvalue weighted by atomic mass is 31.2. The molecule has 7 N–H and O–H groups in total. The normalized spacial score (nSPS) is 27.7. The number of fused-ring (bicyclic) bond motifs is 1. The van der Waals surface area contributed by atoms with Crippen LogP contribution in [0.5, 0.6) is 0 Å². The Morgan fingerprint density at radius 3 is 2.56 bits per heavy atom. The molecule has 0 spiro atoms. The zero-order valence-electron chi connectivity index (χ0n) is 21.3. The molecule has 3 aromatic rings. The minimum atomic E-state index is -4.82. The van der Waals surface area contributed by atoms with Crippen molar-refractivity contribution in [2.24, 2.45) is 0 Å². The first kappa shape index (κ1) is 28.7. The first-order valence-electron chi connectivity index (χ1n) is 12.1. The molecule has 0 amide bonds. The summed E-state index contributed by atoms with van der Waals surface area (Å²) < 4.78 is 42.1. The van der Waals surface area contributed by atoms with Crippen LogP contribution in [0.4, 0.5) is 11.9 Å². The highest BCUT2D eigenvalue weighted by Crippen LogP contribution is 2.49. The maximum absolute atomic E-state index is 12.9. The van der Waals surface area contributed by atoms with E-state index in [1.807, 2.05) is 0 Å². The van der Waals surface area contributed by atoms with Crippen molar-refractivity contribution in [3.8, 4) is 0 Å². The highest BCUT2D eigenvalue weighted by molar-refractivity contribution is 7.47. The quantitative estimate of drug-likeness (QED) is 0.130. The van der Waals surface area contributed by atoms with Crippen LogP contribution < -0.4 is 22.7 Å². The number of esters is 1.